The van der Waals surface area contributed by atoms with Gasteiger partial charge in [0.1, 0.15) is 23.1 Å². The lowest BCUT2D eigenvalue weighted by Gasteiger charge is -2.13. The van der Waals surface area contributed by atoms with Crippen molar-refractivity contribution in [1.82, 2.24) is 0 Å². The molecule has 0 radical (unpaired) electrons. The van der Waals surface area contributed by atoms with Crippen LogP contribution in [0.2, 0.25) is 0 Å². The third-order valence-corrected chi connectivity index (χ3v) is 1.93. The number of hydrogen-bond acceptors (Lipinski definition) is 5. The van der Waals surface area contributed by atoms with E-state index in [1.165, 1.54) is 0 Å². The monoisotopic (exact) mass is 257 g/mol. The number of halogens is 2. The van der Waals surface area contributed by atoms with E-state index in [4.69, 9.17) is 15.7 Å². The van der Waals surface area contributed by atoms with Gasteiger partial charge in [0.2, 0.25) is 0 Å². The summed E-state index contributed by atoms with van der Waals surface area (Å²) in [5.41, 5.74) is 4.42. The Balaban J connectivity index is 3.10. The molecule has 8 heteroatoms. The minimum Gasteiger partial charge on any atom is -0.486 e. The summed E-state index contributed by atoms with van der Waals surface area (Å²) in [7, 11) is 0. The lowest BCUT2D eigenvalue weighted by Crippen LogP contribution is -2.21. The summed E-state index contributed by atoms with van der Waals surface area (Å²) in [6.45, 7) is -0.299. The third-order valence-electron chi connectivity index (χ3n) is 1.93. The molecule has 0 aliphatic heterocycles. The number of anilines is 1. The van der Waals surface area contributed by atoms with E-state index in [0.29, 0.717) is 6.92 Å². The number of nitrogen functional groups attached to an aromatic ring is 1. The summed E-state index contributed by atoms with van der Waals surface area (Å²) in [6.07, 6.45) is 0. The number of nitro benzene ring substituents is 1. The quantitative estimate of drug-likeness (QED) is 0.505. The Hall–Kier alpha value is -2.43. The van der Waals surface area contributed by atoms with Crippen LogP contribution in [0.5, 0.6) is 5.75 Å². The molecule has 0 amide bonds. The molecule has 0 aliphatic rings. The first-order valence-electron chi connectivity index (χ1n) is 4.73. The minimum atomic E-state index is -3.08. The Morgan fingerprint density at radius 1 is 1.61 bits per heavy atom. The molecule has 0 spiro atoms. The Bertz CT molecular complexity index is 520. The van der Waals surface area contributed by atoms with Gasteiger partial charge in [-0.3, -0.25) is 10.1 Å². The molecule has 96 valence electrons. The van der Waals surface area contributed by atoms with Crippen LogP contribution >= 0.6 is 0 Å². The van der Waals surface area contributed by atoms with Gasteiger partial charge in [0.15, 0.2) is 6.61 Å². The highest BCUT2D eigenvalue weighted by molar-refractivity contribution is 5.66. The molecule has 0 saturated heterocycles. The smallest absolute Gasteiger partial charge is 0.293 e. The summed E-state index contributed by atoms with van der Waals surface area (Å²) in [4.78, 5) is 9.80. The number of ether oxygens (including phenoxy) is 1. The zero-order valence-corrected chi connectivity index (χ0v) is 9.31. The van der Waals surface area contributed by atoms with Gasteiger partial charge in [-0.25, -0.2) is 8.78 Å². The zero-order valence-electron chi connectivity index (χ0n) is 9.31. The first kappa shape index (κ1) is 13.6. The van der Waals surface area contributed by atoms with E-state index in [9.17, 15) is 18.9 Å². The van der Waals surface area contributed by atoms with Gasteiger partial charge in [0.25, 0.3) is 11.6 Å². The van der Waals surface area contributed by atoms with Crippen LogP contribution in [0.25, 0.3) is 0 Å². The van der Waals surface area contributed by atoms with Crippen molar-refractivity contribution in [3.8, 4) is 11.8 Å². The molecule has 0 atom stereocenters. The van der Waals surface area contributed by atoms with Crippen LogP contribution < -0.4 is 10.5 Å². The van der Waals surface area contributed by atoms with Crippen LogP contribution in [-0.4, -0.2) is 17.5 Å². The molecule has 0 saturated carbocycles. The molecule has 0 fully saturated rings. The van der Waals surface area contributed by atoms with Crippen molar-refractivity contribution in [3.05, 3.63) is 27.8 Å². The van der Waals surface area contributed by atoms with Crippen molar-refractivity contribution in [2.75, 3.05) is 12.3 Å². The predicted octanol–water partition coefficient (Wildman–Crippen LogP) is 2.08. The van der Waals surface area contributed by atoms with Crippen molar-refractivity contribution in [1.29, 1.82) is 5.26 Å². The summed E-state index contributed by atoms with van der Waals surface area (Å²) >= 11 is 0. The number of rotatable bonds is 4. The fourth-order valence-corrected chi connectivity index (χ4v) is 1.15. The lowest BCUT2D eigenvalue weighted by atomic mass is 10.1. The lowest BCUT2D eigenvalue weighted by molar-refractivity contribution is -0.383. The molecule has 1 aromatic carbocycles. The van der Waals surface area contributed by atoms with E-state index in [-0.39, 0.29) is 17.0 Å². The maximum Gasteiger partial charge on any atom is 0.293 e. The second-order valence-electron chi connectivity index (χ2n) is 3.63. The van der Waals surface area contributed by atoms with E-state index < -0.39 is 23.1 Å². The third kappa shape index (κ3) is 3.28. The molecular formula is C10H9F2N3O3. The molecule has 0 unspecified atom stereocenters. The summed E-state index contributed by atoms with van der Waals surface area (Å²) in [5, 5.41) is 19.3. The van der Waals surface area contributed by atoms with E-state index in [1.54, 1.807) is 6.07 Å². The number of benzene rings is 1. The number of nitrogens with zero attached hydrogens (tertiary/aromatic N) is 2. The predicted molar refractivity (Wildman–Crippen MR) is 58.3 cm³/mol. The Morgan fingerprint density at radius 2 is 2.22 bits per heavy atom. The Labute approximate surface area is 101 Å². The number of nitro groups is 1. The van der Waals surface area contributed by atoms with Gasteiger partial charge in [-0.15, -0.1) is 0 Å². The number of nitrogens with two attached hydrogens (primary N) is 1. The summed E-state index contributed by atoms with van der Waals surface area (Å²) in [6, 6.07) is 3.50. The van der Waals surface area contributed by atoms with Crippen LogP contribution in [-0.2, 0) is 0 Å². The largest absolute Gasteiger partial charge is 0.486 e. The normalized spacial score (nSPS) is 10.8. The second-order valence-corrected chi connectivity index (χ2v) is 3.63. The van der Waals surface area contributed by atoms with Gasteiger partial charge < -0.3 is 10.5 Å². The first-order chi connectivity index (χ1) is 8.24. The SMILES string of the molecule is CC(F)(F)COc1cc(N)c([N+](=O)[O-])cc1C#N. The van der Waals surface area contributed by atoms with Crippen LogP contribution in [0, 0.1) is 21.4 Å². The fraction of sp³-hybridized carbons (Fsp3) is 0.300. The second kappa shape index (κ2) is 4.83. The average molecular weight is 257 g/mol. The van der Waals surface area contributed by atoms with E-state index in [1.807, 2.05) is 0 Å². The topological polar surface area (TPSA) is 102 Å². The van der Waals surface area contributed by atoms with Crippen LogP contribution in [0.1, 0.15) is 12.5 Å². The van der Waals surface area contributed by atoms with Gasteiger partial charge in [0.05, 0.1) is 4.92 Å². The molecule has 0 bridgehead atoms. The number of alkyl halides is 2. The fourth-order valence-electron chi connectivity index (χ4n) is 1.15. The highest BCUT2D eigenvalue weighted by Crippen LogP contribution is 2.31. The van der Waals surface area contributed by atoms with Crippen LogP contribution in [0.3, 0.4) is 0 Å². The van der Waals surface area contributed by atoms with Crippen LogP contribution in [0.15, 0.2) is 12.1 Å². The van der Waals surface area contributed by atoms with Crippen molar-refractivity contribution in [2.45, 2.75) is 12.8 Å². The first-order valence-corrected chi connectivity index (χ1v) is 4.73. The molecule has 0 heterocycles. The molecule has 6 nitrogen and oxygen atoms in total. The zero-order chi connectivity index (χ0) is 13.9. The standard InChI is InChI=1S/C10H9F2N3O3/c1-10(11,12)5-18-9-3-7(14)8(15(16)17)2-6(9)4-13/h2-3H,5,14H2,1H3. The summed E-state index contributed by atoms with van der Waals surface area (Å²) in [5.74, 6) is -3.29. The van der Waals surface area contributed by atoms with Crippen molar-refractivity contribution in [3.63, 3.8) is 0 Å². The van der Waals surface area contributed by atoms with E-state index in [2.05, 4.69) is 0 Å². The van der Waals surface area contributed by atoms with Crippen molar-refractivity contribution in [2.24, 2.45) is 0 Å². The van der Waals surface area contributed by atoms with Crippen molar-refractivity contribution >= 4 is 11.4 Å². The number of nitriles is 1. The maximum atomic E-state index is 12.6. The van der Waals surface area contributed by atoms with Crippen molar-refractivity contribution < 1.29 is 18.4 Å². The number of hydrogen-bond donors (Lipinski definition) is 1. The highest BCUT2D eigenvalue weighted by Gasteiger charge is 2.24. The Morgan fingerprint density at radius 3 is 2.67 bits per heavy atom. The van der Waals surface area contributed by atoms with Gasteiger partial charge >= 0.3 is 0 Å². The maximum absolute atomic E-state index is 12.6. The van der Waals surface area contributed by atoms with Gasteiger partial charge in [-0.1, -0.05) is 0 Å². The summed E-state index contributed by atoms with van der Waals surface area (Å²) < 4.78 is 29.9. The van der Waals surface area contributed by atoms with Gasteiger partial charge in [-0.2, -0.15) is 5.26 Å². The Kier molecular flexibility index (Phi) is 3.66. The van der Waals surface area contributed by atoms with E-state index in [0.717, 1.165) is 12.1 Å². The molecule has 1 rings (SSSR count). The van der Waals surface area contributed by atoms with Crippen LogP contribution in [0.4, 0.5) is 20.2 Å². The van der Waals surface area contributed by atoms with Gasteiger partial charge in [-0.05, 0) is 0 Å². The average Bonchev–Trinajstić information content (AvgIpc) is 2.24. The minimum absolute atomic E-state index is 0.206. The van der Waals surface area contributed by atoms with E-state index >= 15 is 0 Å². The molecule has 2 N–H and O–H groups in total. The molecule has 0 aliphatic carbocycles. The molecule has 0 aromatic heterocycles. The molecule has 1 aromatic rings. The molecular weight excluding hydrogens is 248 g/mol. The highest BCUT2D eigenvalue weighted by atomic mass is 19.3. The van der Waals surface area contributed by atoms with Gasteiger partial charge in [0, 0.05) is 19.1 Å². The molecule has 18 heavy (non-hydrogen) atoms.